The Hall–Kier alpha value is -2.25. The molecule has 0 unspecified atom stereocenters. The van der Waals surface area contributed by atoms with Gasteiger partial charge >= 0.3 is 0 Å². The number of aryl methyl sites for hydroxylation is 2. The van der Waals surface area contributed by atoms with Crippen LogP contribution in [0.4, 0.5) is 11.6 Å². The molecule has 2 heterocycles. The molecule has 7 heteroatoms. The number of anilines is 2. The van der Waals surface area contributed by atoms with Crippen molar-refractivity contribution < 1.29 is 5.11 Å². The zero-order chi connectivity index (χ0) is 17.4. The zero-order valence-electron chi connectivity index (χ0n) is 14.4. The highest BCUT2D eigenvalue weighted by Gasteiger charge is 2.39. The van der Waals surface area contributed by atoms with Gasteiger partial charge in [0.2, 0.25) is 5.95 Å². The fraction of sp³-hybridized carbons (Fsp3) is 0.389. The first-order valence-electron chi connectivity index (χ1n) is 8.53. The van der Waals surface area contributed by atoms with E-state index in [2.05, 4.69) is 45.5 Å². The summed E-state index contributed by atoms with van der Waals surface area (Å²) in [5, 5.41) is 18.9. The maximum Gasteiger partial charge on any atom is 0.246 e. The fourth-order valence-electron chi connectivity index (χ4n) is 2.98. The lowest BCUT2D eigenvalue weighted by atomic mass is 9.81. The standard InChI is InChI=1S/C18H21N5OS/c1-3-23-11-20-17(22-23)21-14-8-12(2)7-13(9-14)15-10-19-16(25-15)18(24)5-4-6-18/h7-11,24H,3-6H2,1-2H3,(H,21,22). The molecule has 1 aliphatic carbocycles. The van der Waals surface area contributed by atoms with Crippen LogP contribution < -0.4 is 5.32 Å². The second-order valence-electron chi connectivity index (χ2n) is 6.55. The van der Waals surface area contributed by atoms with Gasteiger partial charge in [0.25, 0.3) is 0 Å². The Morgan fingerprint density at radius 2 is 2.12 bits per heavy atom. The molecular formula is C18H21N5OS. The van der Waals surface area contributed by atoms with E-state index in [9.17, 15) is 5.11 Å². The van der Waals surface area contributed by atoms with Gasteiger partial charge in [-0.15, -0.1) is 16.4 Å². The predicted octanol–water partition coefficient (Wildman–Crippen LogP) is 3.85. The third-order valence-electron chi connectivity index (χ3n) is 4.56. The molecule has 1 fully saturated rings. The molecule has 2 aromatic heterocycles. The molecule has 130 valence electrons. The summed E-state index contributed by atoms with van der Waals surface area (Å²) in [6.45, 7) is 4.88. The van der Waals surface area contributed by atoms with Gasteiger partial charge in [-0.2, -0.15) is 0 Å². The minimum atomic E-state index is -0.704. The maximum atomic E-state index is 10.5. The van der Waals surface area contributed by atoms with Gasteiger partial charge in [-0.25, -0.2) is 9.97 Å². The second kappa shape index (κ2) is 6.24. The molecule has 0 atom stereocenters. The number of nitrogens with one attached hydrogen (secondary N) is 1. The third kappa shape index (κ3) is 3.17. The largest absolute Gasteiger partial charge is 0.383 e. The van der Waals surface area contributed by atoms with E-state index >= 15 is 0 Å². The molecule has 3 aromatic rings. The van der Waals surface area contributed by atoms with Gasteiger partial charge in [-0.1, -0.05) is 6.07 Å². The third-order valence-corrected chi connectivity index (χ3v) is 5.80. The Morgan fingerprint density at radius 1 is 1.28 bits per heavy atom. The van der Waals surface area contributed by atoms with Gasteiger partial charge in [-0.3, -0.25) is 4.68 Å². The van der Waals surface area contributed by atoms with Gasteiger partial charge in [0.1, 0.15) is 16.9 Å². The summed E-state index contributed by atoms with van der Waals surface area (Å²) < 4.78 is 1.79. The molecule has 0 aliphatic heterocycles. The van der Waals surface area contributed by atoms with Crippen LogP contribution in [0.1, 0.15) is 36.8 Å². The molecule has 0 radical (unpaired) electrons. The van der Waals surface area contributed by atoms with Crippen LogP contribution in [0, 0.1) is 6.92 Å². The number of benzene rings is 1. The van der Waals surface area contributed by atoms with E-state index < -0.39 is 5.60 Å². The van der Waals surface area contributed by atoms with Gasteiger partial charge in [0, 0.05) is 18.4 Å². The van der Waals surface area contributed by atoms with Crippen LogP contribution in [0.5, 0.6) is 0 Å². The summed E-state index contributed by atoms with van der Waals surface area (Å²) >= 11 is 1.58. The highest BCUT2D eigenvalue weighted by atomic mass is 32.1. The highest BCUT2D eigenvalue weighted by Crippen LogP contribution is 2.44. The summed E-state index contributed by atoms with van der Waals surface area (Å²) in [6.07, 6.45) is 6.27. The van der Waals surface area contributed by atoms with Crippen LogP contribution in [-0.4, -0.2) is 24.9 Å². The summed E-state index contributed by atoms with van der Waals surface area (Å²) in [5.41, 5.74) is 2.47. The van der Waals surface area contributed by atoms with E-state index in [1.807, 2.05) is 13.1 Å². The fourth-order valence-corrected chi connectivity index (χ4v) is 4.03. The van der Waals surface area contributed by atoms with Crippen LogP contribution >= 0.6 is 11.3 Å². The first-order chi connectivity index (χ1) is 12.1. The van der Waals surface area contributed by atoms with Crippen LogP contribution in [0.3, 0.4) is 0 Å². The average Bonchev–Trinajstić information content (AvgIpc) is 3.21. The minimum Gasteiger partial charge on any atom is -0.383 e. The minimum absolute atomic E-state index is 0.590. The first kappa shape index (κ1) is 16.2. The predicted molar refractivity (Wildman–Crippen MR) is 99.0 cm³/mol. The average molecular weight is 355 g/mol. The van der Waals surface area contributed by atoms with Gasteiger partial charge in [-0.05, 0) is 56.4 Å². The molecule has 0 amide bonds. The van der Waals surface area contributed by atoms with Crippen molar-refractivity contribution in [3.63, 3.8) is 0 Å². The lowest BCUT2D eigenvalue weighted by Gasteiger charge is -2.34. The summed E-state index contributed by atoms with van der Waals surface area (Å²) in [6, 6.07) is 6.27. The molecule has 0 bridgehead atoms. The Bertz CT molecular complexity index is 897. The molecule has 6 nitrogen and oxygen atoms in total. The number of aromatic nitrogens is 4. The molecule has 1 saturated carbocycles. The molecule has 2 N–H and O–H groups in total. The Kier molecular flexibility index (Phi) is 4.05. The number of nitrogens with zero attached hydrogens (tertiary/aromatic N) is 4. The normalized spacial score (nSPS) is 15.8. The van der Waals surface area contributed by atoms with Crippen molar-refractivity contribution in [2.75, 3.05) is 5.32 Å². The molecule has 0 saturated heterocycles. The summed E-state index contributed by atoms with van der Waals surface area (Å²) in [4.78, 5) is 9.80. The molecule has 4 rings (SSSR count). The highest BCUT2D eigenvalue weighted by molar-refractivity contribution is 7.15. The lowest BCUT2D eigenvalue weighted by molar-refractivity contribution is -0.0389. The quantitative estimate of drug-likeness (QED) is 0.727. The van der Waals surface area contributed by atoms with Crippen molar-refractivity contribution in [1.29, 1.82) is 0 Å². The van der Waals surface area contributed by atoms with E-state index in [-0.39, 0.29) is 0 Å². The molecule has 0 spiro atoms. The SMILES string of the molecule is CCn1cnc(Nc2cc(C)cc(-c3cnc(C4(O)CCC4)s3)c2)n1. The van der Waals surface area contributed by atoms with Crippen molar-refractivity contribution >= 4 is 23.0 Å². The van der Waals surface area contributed by atoms with Gasteiger partial charge < -0.3 is 10.4 Å². The Labute approximate surface area is 150 Å². The van der Waals surface area contributed by atoms with Crippen molar-refractivity contribution in [1.82, 2.24) is 19.7 Å². The van der Waals surface area contributed by atoms with Crippen LogP contribution in [0.2, 0.25) is 0 Å². The first-order valence-corrected chi connectivity index (χ1v) is 9.34. The van der Waals surface area contributed by atoms with Crippen LogP contribution in [0.25, 0.3) is 10.4 Å². The van der Waals surface area contributed by atoms with Crippen LogP contribution in [0.15, 0.2) is 30.7 Å². The smallest absolute Gasteiger partial charge is 0.246 e. The van der Waals surface area contributed by atoms with E-state index in [0.717, 1.165) is 52.5 Å². The number of hydrogen-bond acceptors (Lipinski definition) is 6. The summed E-state index contributed by atoms with van der Waals surface area (Å²) in [7, 11) is 0. The molecular weight excluding hydrogens is 334 g/mol. The van der Waals surface area contributed by atoms with E-state index in [1.165, 1.54) is 0 Å². The molecule has 1 aromatic carbocycles. The molecule has 1 aliphatic rings. The summed E-state index contributed by atoms with van der Waals surface area (Å²) in [5.74, 6) is 0.590. The van der Waals surface area contributed by atoms with E-state index in [1.54, 1.807) is 22.3 Å². The van der Waals surface area contributed by atoms with Crippen molar-refractivity contribution in [3.8, 4) is 10.4 Å². The van der Waals surface area contributed by atoms with Crippen molar-refractivity contribution in [2.45, 2.75) is 45.3 Å². The second-order valence-corrected chi connectivity index (χ2v) is 7.58. The van der Waals surface area contributed by atoms with Gasteiger partial charge in [0.15, 0.2) is 0 Å². The Balaban J connectivity index is 1.61. The zero-order valence-corrected chi connectivity index (χ0v) is 15.2. The number of aliphatic hydroxyl groups is 1. The monoisotopic (exact) mass is 355 g/mol. The van der Waals surface area contributed by atoms with E-state index in [0.29, 0.717) is 5.95 Å². The topological polar surface area (TPSA) is 75.9 Å². The maximum absolute atomic E-state index is 10.5. The Morgan fingerprint density at radius 3 is 2.80 bits per heavy atom. The lowest BCUT2D eigenvalue weighted by Crippen LogP contribution is -2.33. The van der Waals surface area contributed by atoms with Crippen molar-refractivity contribution in [2.24, 2.45) is 0 Å². The van der Waals surface area contributed by atoms with Crippen LogP contribution in [-0.2, 0) is 12.1 Å². The number of thiazole rings is 1. The molecule has 25 heavy (non-hydrogen) atoms. The van der Waals surface area contributed by atoms with Crippen molar-refractivity contribution in [3.05, 3.63) is 41.3 Å². The van der Waals surface area contributed by atoms with Gasteiger partial charge in [0.05, 0.1) is 4.88 Å². The van der Waals surface area contributed by atoms with E-state index in [4.69, 9.17) is 0 Å². The number of rotatable bonds is 5. The number of hydrogen-bond donors (Lipinski definition) is 2.